The first kappa shape index (κ1) is 16.5. The van der Waals surface area contributed by atoms with Crippen LogP contribution >= 0.6 is 11.3 Å². The highest BCUT2D eigenvalue weighted by molar-refractivity contribution is 7.22. The average molecular weight is 362 g/mol. The summed E-state index contributed by atoms with van der Waals surface area (Å²) >= 11 is 1.53. The number of thiazole rings is 1. The van der Waals surface area contributed by atoms with Crippen LogP contribution in [0.1, 0.15) is 15.9 Å². The standard InChI is InChI=1S/C20H18N4OS/c1-15-7-9-16(10-8-15)19(25)24(14-13-23-12-4-11-21-23)20-22-17-5-2-3-6-18(17)26-20/h2-12H,13-14H2,1H3. The third-order valence-electron chi connectivity index (χ3n) is 4.17. The lowest BCUT2D eigenvalue weighted by molar-refractivity contribution is 0.0986. The highest BCUT2D eigenvalue weighted by atomic mass is 32.1. The maximum atomic E-state index is 13.2. The van der Waals surface area contributed by atoms with Crippen LogP contribution in [0.15, 0.2) is 67.0 Å². The van der Waals surface area contributed by atoms with Crippen molar-refractivity contribution < 1.29 is 4.79 Å². The molecule has 0 unspecified atom stereocenters. The monoisotopic (exact) mass is 362 g/mol. The van der Waals surface area contributed by atoms with Gasteiger partial charge < -0.3 is 0 Å². The Labute approximate surface area is 155 Å². The van der Waals surface area contributed by atoms with Gasteiger partial charge in [0.2, 0.25) is 0 Å². The van der Waals surface area contributed by atoms with Crippen molar-refractivity contribution in [2.75, 3.05) is 11.4 Å². The molecule has 5 nitrogen and oxygen atoms in total. The van der Waals surface area contributed by atoms with E-state index in [0.29, 0.717) is 23.8 Å². The number of hydrogen-bond acceptors (Lipinski definition) is 4. The van der Waals surface area contributed by atoms with Gasteiger partial charge in [-0.15, -0.1) is 0 Å². The molecule has 0 aliphatic rings. The number of hydrogen-bond donors (Lipinski definition) is 0. The summed E-state index contributed by atoms with van der Waals surface area (Å²) in [6, 6.07) is 17.5. The maximum Gasteiger partial charge on any atom is 0.260 e. The van der Waals surface area contributed by atoms with E-state index in [1.165, 1.54) is 11.3 Å². The molecule has 0 atom stereocenters. The van der Waals surface area contributed by atoms with Gasteiger partial charge in [-0.05, 0) is 37.3 Å². The second-order valence-electron chi connectivity index (χ2n) is 6.06. The molecule has 0 aliphatic heterocycles. The van der Waals surface area contributed by atoms with Crippen molar-refractivity contribution in [3.63, 3.8) is 0 Å². The number of amides is 1. The zero-order valence-corrected chi connectivity index (χ0v) is 15.2. The van der Waals surface area contributed by atoms with Gasteiger partial charge in [-0.2, -0.15) is 5.10 Å². The molecular formula is C20H18N4OS. The number of rotatable bonds is 5. The number of fused-ring (bicyclic) bond motifs is 1. The minimum atomic E-state index is -0.0452. The fraction of sp³-hybridized carbons (Fsp3) is 0.150. The zero-order chi connectivity index (χ0) is 17.9. The first-order valence-electron chi connectivity index (χ1n) is 8.42. The number of benzene rings is 2. The van der Waals surface area contributed by atoms with Gasteiger partial charge in [0.1, 0.15) is 0 Å². The molecular weight excluding hydrogens is 344 g/mol. The molecule has 0 spiro atoms. The van der Waals surface area contributed by atoms with Gasteiger partial charge in [-0.3, -0.25) is 14.4 Å². The van der Waals surface area contributed by atoms with E-state index in [-0.39, 0.29) is 5.91 Å². The van der Waals surface area contributed by atoms with Gasteiger partial charge in [0, 0.05) is 24.5 Å². The van der Waals surface area contributed by atoms with Crippen molar-refractivity contribution in [3.05, 3.63) is 78.1 Å². The Hall–Kier alpha value is -2.99. The molecule has 0 N–H and O–H groups in total. The molecule has 6 heteroatoms. The van der Waals surface area contributed by atoms with Crippen LogP contribution in [0.25, 0.3) is 10.2 Å². The van der Waals surface area contributed by atoms with Gasteiger partial charge >= 0.3 is 0 Å². The van der Waals surface area contributed by atoms with E-state index < -0.39 is 0 Å². The van der Waals surface area contributed by atoms with Gasteiger partial charge in [0.25, 0.3) is 5.91 Å². The lowest BCUT2D eigenvalue weighted by atomic mass is 10.1. The van der Waals surface area contributed by atoms with Gasteiger partial charge in [0.05, 0.1) is 16.8 Å². The second-order valence-corrected chi connectivity index (χ2v) is 7.07. The highest BCUT2D eigenvalue weighted by Gasteiger charge is 2.21. The molecule has 1 amide bonds. The van der Waals surface area contributed by atoms with E-state index in [4.69, 9.17) is 0 Å². The quantitative estimate of drug-likeness (QED) is 0.536. The Bertz CT molecular complexity index is 989. The van der Waals surface area contributed by atoms with Crippen molar-refractivity contribution in [2.45, 2.75) is 13.5 Å². The molecule has 0 fully saturated rings. The minimum Gasteiger partial charge on any atom is -0.282 e. The second kappa shape index (κ2) is 7.09. The zero-order valence-electron chi connectivity index (χ0n) is 14.4. The van der Waals surface area contributed by atoms with E-state index in [1.807, 2.05) is 72.4 Å². The van der Waals surface area contributed by atoms with Gasteiger partial charge in [-0.1, -0.05) is 41.2 Å². The van der Waals surface area contributed by atoms with Crippen LogP contribution in [0.3, 0.4) is 0 Å². The van der Waals surface area contributed by atoms with Crippen molar-refractivity contribution in [2.24, 2.45) is 0 Å². The van der Waals surface area contributed by atoms with Crippen LogP contribution in [-0.2, 0) is 6.54 Å². The van der Waals surface area contributed by atoms with Crippen LogP contribution in [0.2, 0.25) is 0 Å². The Kier molecular flexibility index (Phi) is 4.50. The van der Waals surface area contributed by atoms with E-state index in [0.717, 1.165) is 15.8 Å². The number of nitrogens with zero attached hydrogens (tertiary/aromatic N) is 4. The number of carbonyl (C=O) groups is 1. The van der Waals surface area contributed by atoms with Crippen LogP contribution < -0.4 is 4.90 Å². The summed E-state index contributed by atoms with van der Waals surface area (Å²) in [5.41, 5.74) is 2.70. The topological polar surface area (TPSA) is 51.0 Å². The number of carbonyl (C=O) groups excluding carboxylic acids is 1. The summed E-state index contributed by atoms with van der Waals surface area (Å²) in [7, 11) is 0. The summed E-state index contributed by atoms with van der Waals surface area (Å²) in [5, 5.41) is 4.94. The fourth-order valence-corrected chi connectivity index (χ4v) is 3.74. The third-order valence-corrected chi connectivity index (χ3v) is 5.23. The van der Waals surface area contributed by atoms with Crippen LogP contribution in [-0.4, -0.2) is 27.2 Å². The first-order chi connectivity index (χ1) is 12.7. The average Bonchev–Trinajstić information content (AvgIpc) is 3.31. The smallest absolute Gasteiger partial charge is 0.260 e. The molecule has 2 heterocycles. The van der Waals surface area contributed by atoms with E-state index in [1.54, 1.807) is 11.1 Å². The highest BCUT2D eigenvalue weighted by Crippen LogP contribution is 2.29. The fourth-order valence-electron chi connectivity index (χ4n) is 2.75. The first-order valence-corrected chi connectivity index (χ1v) is 9.24. The largest absolute Gasteiger partial charge is 0.282 e. The number of aryl methyl sites for hydroxylation is 1. The van der Waals surface area contributed by atoms with Crippen LogP contribution in [0, 0.1) is 6.92 Å². The van der Waals surface area contributed by atoms with E-state index >= 15 is 0 Å². The lowest BCUT2D eigenvalue weighted by Crippen LogP contribution is -2.34. The molecule has 0 radical (unpaired) electrons. The van der Waals surface area contributed by atoms with Crippen LogP contribution in [0.5, 0.6) is 0 Å². The summed E-state index contributed by atoms with van der Waals surface area (Å²) in [6.07, 6.45) is 3.64. The SMILES string of the molecule is Cc1ccc(C(=O)N(CCn2cccn2)c2nc3ccccc3s2)cc1. The predicted octanol–water partition coefficient (Wildman–Crippen LogP) is 4.15. The predicted molar refractivity (Wildman–Crippen MR) is 105 cm³/mol. The molecule has 130 valence electrons. The number of para-hydroxylation sites is 1. The molecule has 0 saturated heterocycles. The van der Waals surface area contributed by atoms with E-state index in [9.17, 15) is 4.79 Å². The van der Waals surface area contributed by atoms with Crippen molar-refractivity contribution in [3.8, 4) is 0 Å². The molecule has 0 bridgehead atoms. The van der Waals surface area contributed by atoms with Crippen LogP contribution in [0.4, 0.5) is 5.13 Å². The molecule has 2 aromatic carbocycles. The Morgan fingerprint density at radius 2 is 1.92 bits per heavy atom. The Balaban J connectivity index is 1.68. The third kappa shape index (κ3) is 3.36. The van der Waals surface area contributed by atoms with Gasteiger partial charge in [0.15, 0.2) is 5.13 Å². The molecule has 4 rings (SSSR count). The van der Waals surface area contributed by atoms with E-state index in [2.05, 4.69) is 10.1 Å². The molecule has 0 saturated carbocycles. The minimum absolute atomic E-state index is 0.0452. The molecule has 4 aromatic rings. The summed E-state index contributed by atoms with van der Waals surface area (Å²) in [4.78, 5) is 19.6. The summed E-state index contributed by atoms with van der Waals surface area (Å²) in [5.74, 6) is -0.0452. The lowest BCUT2D eigenvalue weighted by Gasteiger charge is -2.20. The van der Waals surface area contributed by atoms with Gasteiger partial charge in [-0.25, -0.2) is 4.98 Å². The summed E-state index contributed by atoms with van der Waals surface area (Å²) < 4.78 is 2.89. The van der Waals surface area contributed by atoms with Crippen molar-refractivity contribution in [1.29, 1.82) is 0 Å². The van der Waals surface area contributed by atoms with Crippen molar-refractivity contribution in [1.82, 2.24) is 14.8 Å². The Morgan fingerprint density at radius 1 is 1.12 bits per heavy atom. The number of anilines is 1. The summed E-state index contributed by atoms with van der Waals surface area (Å²) in [6.45, 7) is 3.13. The molecule has 0 aliphatic carbocycles. The normalized spacial score (nSPS) is 11.0. The maximum absolute atomic E-state index is 13.2. The number of aromatic nitrogens is 3. The molecule has 26 heavy (non-hydrogen) atoms. The Morgan fingerprint density at radius 3 is 2.65 bits per heavy atom. The van der Waals surface area contributed by atoms with Crippen molar-refractivity contribution >= 4 is 32.6 Å². The molecule has 2 aromatic heterocycles.